The Balaban J connectivity index is 4.89. The van der Waals surface area contributed by atoms with Crippen LogP contribution in [0.15, 0.2) is 23.2 Å². The van der Waals surface area contributed by atoms with Crippen LogP contribution in [0.2, 0.25) is 0 Å². The first-order chi connectivity index (χ1) is 8.51. The molecule has 0 aromatic carbocycles. The zero-order valence-corrected chi connectivity index (χ0v) is 11.5. The summed E-state index contributed by atoms with van der Waals surface area (Å²) in [6, 6.07) is 0. The first kappa shape index (κ1) is 16.7. The standard InChI is InChI=1S/C13H23NO4/c1-5-11(17-3)13(16)12(18-4)7-6-9(2)10(15)8-14/h6,11,16H,5,7-8,14H2,1-4H3/b9-6+,13-12-. The largest absolute Gasteiger partial charge is 0.506 e. The smallest absolute Gasteiger partial charge is 0.171 e. The molecule has 0 aliphatic heterocycles. The Morgan fingerprint density at radius 2 is 2.06 bits per heavy atom. The fourth-order valence-electron chi connectivity index (χ4n) is 1.46. The van der Waals surface area contributed by atoms with E-state index < -0.39 is 0 Å². The van der Waals surface area contributed by atoms with Gasteiger partial charge in [0.25, 0.3) is 0 Å². The van der Waals surface area contributed by atoms with Crippen molar-refractivity contribution >= 4 is 5.78 Å². The summed E-state index contributed by atoms with van der Waals surface area (Å²) in [6.07, 6.45) is 2.27. The van der Waals surface area contributed by atoms with Crippen molar-refractivity contribution in [1.29, 1.82) is 0 Å². The number of Topliss-reactive ketones (excluding diaryl/α,β-unsaturated/α-hetero) is 1. The fourth-order valence-corrected chi connectivity index (χ4v) is 1.46. The van der Waals surface area contributed by atoms with Crippen LogP contribution in [-0.4, -0.2) is 37.8 Å². The minimum atomic E-state index is -0.390. The summed E-state index contributed by atoms with van der Waals surface area (Å²) in [5.74, 6) is 0.336. The highest BCUT2D eigenvalue weighted by molar-refractivity contribution is 5.96. The number of aliphatic hydroxyl groups excluding tert-OH is 1. The summed E-state index contributed by atoms with van der Waals surface area (Å²) >= 11 is 0. The van der Waals surface area contributed by atoms with E-state index in [1.165, 1.54) is 14.2 Å². The molecule has 5 heteroatoms. The Morgan fingerprint density at radius 3 is 2.44 bits per heavy atom. The van der Waals surface area contributed by atoms with Gasteiger partial charge in [-0.3, -0.25) is 4.79 Å². The summed E-state index contributed by atoms with van der Waals surface area (Å²) in [6.45, 7) is 3.57. The minimum absolute atomic E-state index is 0.0179. The number of nitrogens with two attached hydrogens (primary N) is 1. The molecule has 0 saturated carbocycles. The predicted molar refractivity (Wildman–Crippen MR) is 70.2 cm³/mol. The number of hydrogen-bond acceptors (Lipinski definition) is 5. The second kappa shape index (κ2) is 8.72. The van der Waals surface area contributed by atoms with E-state index in [0.29, 0.717) is 24.2 Å². The maximum absolute atomic E-state index is 11.3. The van der Waals surface area contributed by atoms with Gasteiger partial charge in [0.1, 0.15) is 11.9 Å². The van der Waals surface area contributed by atoms with Crippen molar-refractivity contribution in [3.8, 4) is 0 Å². The van der Waals surface area contributed by atoms with Crippen molar-refractivity contribution < 1.29 is 19.4 Å². The van der Waals surface area contributed by atoms with E-state index in [-0.39, 0.29) is 24.2 Å². The number of carbonyl (C=O) groups excluding carboxylic acids is 1. The molecule has 0 aromatic rings. The highest BCUT2D eigenvalue weighted by Crippen LogP contribution is 2.17. The van der Waals surface area contributed by atoms with Crippen LogP contribution in [0.3, 0.4) is 0 Å². The number of rotatable bonds is 8. The molecule has 0 rings (SSSR count). The van der Waals surface area contributed by atoms with Gasteiger partial charge < -0.3 is 20.3 Å². The SMILES string of the molecule is CCC(OC)/C(O)=C(\C/C=C(\C)C(=O)CN)OC. The molecular weight excluding hydrogens is 234 g/mol. The van der Waals surface area contributed by atoms with Crippen LogP contribution in [0.1, 0.15) is 26.7 Å². The van der Waals surface area contributed by atoms with Gasteiger partial charge >= 0.3 is 0 Å². The molecule has 0 heterocycles. The molecule has 5 nitrogen and oxygen atoms in total. The molecule has 0 radical (unpaired) electrons. The first-order valence-corrected chi connectivity index (χ1v) is 5.90. The van der Waals surface area contributed by atoms with Crippen LogP contribution >= 0.6 is 0 Å². The highest BCUT2D eigenvalue weighted by Gasteiger charge is 2.16. The van der Waals surface area contributed by atoms with Gasteiger partial charge in [-0.1, -0.05) is 13.0 Å². The Hall–Kier alpha value is -1.33. The zero-order chi connectivity index (χ0) is 14.1. The molecule has 0 amide bonds. The number of ketones is 1. The molecule has 0 aliphatic carbocycles. The van der Waals surface area contributed by atoms with Gasteiger partial charge in [-0.05, 0) is 18.9 Å². The Labute approximate surface area is 108 Å². The number of allylic oxidation sites excluding steroid dienone is 1. The third-order valence-electron chi connectivity index (χ3n) is 2.71. The van der Waals surface area contributed by atoms with Gasteiger partial charge in [0.05, 0.1) is 13.7 Å². The van der Waals surface area contributed by atoms with Crippen LogP contribution in [0.25, 0.3) is 0 Å². The average molecular weight is 257 g/mol. The molecule has 0 saturated heterocycles. The van der Waals surface area contributed by atoms with Gasteiger partial charge in [-0.25, -0.2) is 0 Å². The molecule has 18 heavy (non-hydrogen) atoms. The normalized spacial score (nSPS) is 15.1. The lowest BCUT2D eigenvalue weighted by Crippen LogP contribution is -2.16. The molecule has 1 unspecified atom stereocenters. The first-order valence-electron chi connectivity index (χ1n) is 5.90. The number of methoxy groups -OCH3 is 2. The maximum Gasteiger partial charge on any atom is 0.171 e. The molecular formula is C13H23NO4. The lowest BCUT2D eigenvalue weighted by molar-refractivity contribution is -0.114. The molecule has 0 fully saturated rings. The monoisotopic (exact) mass is 257 g/mol. The molecule has 104 valence electrons. The third kappa shape index (κ3) is 4.89. The highest BCUT2D eigenvalue weighted by atomic mass is 16.5. The molecule has 1 atom stereocenters. The number of ether oxygens (including phenoxy) is 2. The Kier molecular flexibility index (Phi) is 8.07. The van der Waals surface area contributed by atoms with Gasteiger partial charge in [0.15, 0.2) is 11.5 Å². The number of hydrogen-bond donors (Lipinski definition) is 2. The van der Waals surface area contributed by atoms with Crippen LogP contribution in [0, 0.1) is 0 Å². The van der Waals surface area contributed by atoms with Crippen molar-refractivity contribution in [3.05, 3.63) is 23.2 Å². The number of carbonyl (C=O) groups is 1. The van der Waals surface area contributed by atoms with Crippen molar-refractivity contribution in [2.24, 2.45) is 5.73 Å². The van der Waals surface area contributed by atoms with E-state index in [1.54, 1.807) is 13.0 Å². The summed E-state index contributed by atoms with van der Waals surface area (Å²) in [7, 11) is 3.00. The van der Waals surface area contributed by atoms with Crippen LogP contribution in [0.5, 0.6) is 0 Å². The van der Waals surface area contributed by atoms with E-state index in [0.717, 1.165) is 0 Å². The topological polar surface area (TPSA) is 81.8 Å². The van der Waals surface area contributed by atoms with E-state index in [9.17, 15) is 9.90 Å². The van der Waals surface area contributed by atoms with Crippen molar-refractivity contribution in [2.45, 2.75) is 32.8 Å². The summed E-state index contributed by atoms with van der Waals surface area (Å²) in [5, 5.41) is 9.97. The van der Waals surface area contributed by atoms with Crippen molar-refractivity contribution in [1.82, 2.24) is 0 Å². The van der Waals surface area contributed by atoms with E-state index >= 15 is 0 Å². The molecule has 0 spiro atoms. The average Bonchev–Trinajstić information content (AvgIpc) is 2.39. The van der Waals surface area contributed by atoms with Crippen LogP contribution < -0.4 is 5.73 Å². The lowest BCUT2D eigenvalue weighted by atomic mass is 10.1. The zero-order valence-electron chi connectivity index (χ0n) is 11.5. The van der Waals surface area contributed by atoms with Crippen LogP contribution in [-0.2, 0) is 14.3 Å². The summed E-state index contributed by atoms with van der Waals surface area (Å²) in [4.78, 5) is 11.3. The van der Waals surface area contributed by atoms with Gasteiger partial charge in [-0.2, -0.15) is 0 Å². The summed E-state index contributed by atoms with van der Waals surface area (Å²) in [5.41, 5.74) is 5.82. The fraction of sp³-hybridized carbons (Fsp3) is 0.615. The van der Waals surface area contributed by atoms with Crippen molar-refractivity contribution in [2.75, 3.05) is 20.8 Å². The Morgan fingerprint density at radius 1 is 1.44 bits per heavy atom. The molecule has 0 bridgehead atoms. The van der Waals surface area contributed by atoms with Gasteiger partial charge in [-0.15, -0.1) is 0 Å². The molecule has 0 aliphatic rings. The summed E-state index contributed by atoms with van der Waals surface area (Å²) < 4.78 is 10.2. The van der Waals surface area contributed by atoms with E-state index in [4.69, 9.17) is 15.2 Å². The lowest BCUT2D eigenvalue weighted by Gasteiger charge is -2.15. The van der Waals surface area contributed by atoms with Gasteiger partial charge in [0.2, 0.25) is 0 Å². The second-order valence-electron chi connectivity index (χ2n) is 3.86. The minimum Gasteiger partial charge on any atom is -0.506 e. The third-order valence-corrected chi connectivity index (χ3v) is 2.71. The van der Waals surface area contributed by atoms with Crippen molar-refractivity contribution in [3.63, 3.8) is 0 Å². The molecule has 0 aromatic heterocycles. The maximum atomic E-state index is 11.3. The molecule has 3 N–H and O–H groups in total. The second-order valence-corrected chi connectivity index (χ2v) is 3.86. The van der Waals surface area contributed by atoms with E-state index in [1.807, 2.05) is 6.92 Å². The quantitative estimate of drug-likeness (QED) is 0.511. The van der Waals surface area contributed by atoms with Gasteiger partial charge in [0, 0.05) is 13.5 Å². The van der Waals surface area contributed by atoms with E-state index in [2.05, 4.69) is 0 Å². The number of aliphatic hydroxyl groups is 1. The van der Waals surface area contributed by atoms with Crippen LogP contribution in [0.4, 0.5) is 0 Å². The predicted octanol–water partition coefficient (Wildman–Crippen LogP) is 1.69. The Bertz CT molecular complexity index is 330.